The minimum atomic E-state index is -0.374. The molecular weight excluding hydrogens is 320 g/mol. The second kappa shape index (κ2) is 6.96. The van der Waals surface area contributed by atoms with Crippen molar-refractivity contribution >= 4 is 28.9 Å². The van der Waals surface area contributed by atoms with Gasteiger partial charge in [0.05, 0.1) is 0 Å². The molecule has 0 spiro atoms. The van der Waals surface area contributed by atoms with Gasteiger partial charge < -0.3 is 15.2 Å². The quantitative estimate of drug-likeness (QED) is 0.691. The first-order valence-electron chi connectivity index (χ1n) is 7.60. The number of carbonyl (C=O) groups excluding carboxylic acids is 2. The Balaban J connectivity index is 1.75. The SMILES string of the molecule is CC(=O)c1cccc(NC(=O)c2cc(Nc3cc(C)on3)ccn2)c1. The number of hydrogen-bond donors (Lipinski definition) is 2. The van der Waals surface area contributed by atoms with Crippen molar-refractivity contribution in [1.29, 1.82) is 0 Å². The normalized spacial score (nSPS) is 10.3. The first kappa shape index (κ1) is 16.4. The molecule has 3 aromatic rings. The van der Waals surface area contributed by atoms with Crippen LogP contribution in [0.4, 0.5) is 17.2 Å². The third kappa shape index (κ3) is 4.08. The Hall–Kier alpha value is -3.48. The summed E-state index contributed by atoms with van der Waals surface area (Å²) in [6.45, 7) is 3.27. The van der Waals surface area contributed by atoms with Crippen molar-refractivity contribution in [1.82, 2.24) is 10.1 Å². The van der Waals surface area contributed by atoms with Crippen molar-refractivity contribution in [3.8, 4) is 0 Å². The number of ketones is 1. The molecule has 0 unspecified atom stereocenters. The Morgan fingerprint density at radius 2 is 1.92 bits per heavy atom. The average molecular weight is 336 g/mol. The maximum Gasteiger partial charge on any atom is 0.274 e. The summed E-state index contributed by atoms with van der Waals surface area (Å²) in [7, 11) is 0. The summed E-state index contributed by atoms with van der Waals surface area (Å²) in [5, 5.41) is 9.61. The molecule has 0 saturated carbocycles. The Morgan fingerprint density at radius 3 is 2.64 bits per heavy atom. The van der Waals surface area contributed by atoms with Crippen LogP contribution in [-0.4, -0.2) is 21.8 Å². The van der Waals surface area contributed by atoms with Crippen molar-refractivity contribution in [2.45, 2.75) is 13.8 Å². The second-order valence-electron chi connectivity index (χ2n) is 5.47. The molecule has 1 amide bonds. The number of aryl methyl sites for hydroxylation is 1. The van der Waals surface area contributed by atoms with E-state index in [-0.39, 0.29) is 17.4 Å². The molecule has 0 bridgehead atoms. The van der Waals surface area contributed by atoms with E-state index in [2.05, 4.69) is 20.8 Å². The summed E-state index contributed by atoms with van der Waals surface area (Å²) in [4.78, 5) is 27.9. The molecule has 0 aliphatic heterocycles. The predicted octanol–water partition coefficient (Wildman–Crippen LogP) is 3.58. The van der Waals surface area contributed by atoms with Crippen molar-refractivity contribution in [3.05, 3.63) is 65.7 Å². The molecule has 2 heterocycles. The van der Waals surface area contributed by atoms with Crippen LogP contribution in [0.1, 0.15) is 33.5 Å². The summed E-state index contributed by atoms with van der Waals surface area (Å²) in [6, 6.07) is 11.8. The van der Waals surface area contributed by atoms with Crippen LogP contribution in [0.2, 0.25) is 0 Å². The zero-order valence-electron chi connectivity index (χ0n) is 13.7. The predicted molar refractivity (Wildman–Crippen MR) is 93.2 cm³/mol. The fraction of sp³-hybridized carbons (Fsp3) is 0.111. The molecule has 0 fully saturated rings. The van der Waals surface area contributed by atoms with Crippen LogP contribution < -0.4 is 10.6 Å². The number of nitrogens with zero attached hydrogens (tertiary/aromatic N) is 2. The molecule has 2 N–H and O–H groups in total. The van der Waals surface area contributed by atoms with E-state index in [9.17, 15) is 9.59 Å². The van der Waals surface area contributed by atoms with Gasteiger partial charge >= 0.3 is 0 Å². The smallest absolute Gasteiger partial charge is 0.274 e. The Morgan fingerprint density at radius 1 is 1.08 bits per heavy atom. The van der Waals surface area contributed by atoms with Gasteiger partial charge in [-0.2, -0.15) is 0 Å². The summed E-state index contributed by atoms with van der Waals surface area (Å²) in [5.74, 6) is 0.785. The van der Waals surface area contributed by atoms with E-state index in [1.165, 1.54) is 13.1 Å². The third-order valence-electron chi connectivity index (χ3n) is 3.42. The molecule has 0 atom stereocenters. The third-order valence-corrected chi connectivity index (χ3v) is 3.42. The topological polar surface area (TPSA) is 97.1 Å². The standard InChI is InChI=1S/C18H16N4O3/c1-11-8-17(22-25-11)20-15-6-7-19-16(10-15)18(24)21-14-5-3-4-13(9-14)12(2)23/h3-10H,1-2H3,(H,21,24)(H,19,20,22). The van der Waals surface area contributed by atoms with Crippen molar-refractivity contribution in [2.24, 2.45) is 0 Å². The van der Waals surface area contributed by atoms with E-state index >= 15 is 0 Å². The van der Waals surface area contributed by atoms with E-state index in [1.54, 1.807) is 49.4 Å². The largest absolute Gasteiger partial charge is 0.360 e. The van der Waals surface area contributed by atoms with Gasteiger partial charge in [-0.05, 0) is 38.1 Å². The molecular formula is C18H16N4O3. The number of carbonyl (C=O) groups is 2. The fourth-order valence-electron chi connectivity index (χ4n) is 2.22. The van der Waals surface area contributed by atoms with E-state index in [4.69, 9.17) is 4.52 Å². The number of nitrogens with one attached hydrogen (secondary N) is 2. The molecule has 0 aliphatic carbocycles. The van der Waals surface area contributed by atoms with Crippen LogP contribution in [-0.2, 0) is 0 Å². The number of benzene rings is 1. The Kier molecular flexibility index (Phi) is 4.56. The molecule has 2 aromatic heterocycles. The van der Waals surface area contributed by atoms with Gasteiger partial charge in [0.2, 0.25) is 0 Å². The van der Waals surface area contributed by atoms with E-state index in [0.29, 0.717) is 28.5 Å². The molecule has 25 heavy (non-hydrogen) atoms. The van der Waals surface area contributed by atoms with Crippen LogP contribution in [0, 0.1) is 6.92 Å². The highest BCUT2D eigenvalue weighted by Crippen LogP contribution is 2.17. The van der Waals surface area contributed by atoms with Gasteiger partial charge in [-0.25, -0.2) is 0 Å². The molecule has 0 aliphatic rings. The van der Waals surface area contributed by atoms with E-state index in [0.717, 1.165) is 0 Å². The second-order valence-corrected chi connectivity index (χ2v) is 5.47. The highest BCUT2D eigenvalue weighted by Gasteiger charge is 2.10. The van der Waals surface area contributed by atoms with Gasteiger partial charge in [0.1, 0.15) is 11.5 Å². The highest BCUT2D eigenvalue weighted by molar-refractivity contribution is 6.04. The number of pyridine rings is 1. The first-order valence-corrected chi connectivity index (χ1v) is 7.60. The van der Waals surface area contributed by atoms with Crippen LogP contribution in [0.25, 0.3) is 0 Å². The maximum atomic E-state index is 12.4. The summed E-state index contributed by atoms with van der Waals surface area (Å²) in [5.41, 5.74) is 1.96. The monoisotopic (exact) mass is 336 g/mol. The fourth-order valence-corrected chi connectivity index (χ4v) is 2.22. The first-order chi connectivity index (χ1) is 12.0. The minimum absolute atomic E-state index is 0.0664. The molecule has 126 valence electrons. The van der Waals surface area contributed by atoms with Gasteiger partial charge in [0.15, 0.2) is 11.6 Å². The molecule has 0 saturated heterocycles. The van der Waals surface area contributed by atoms with E-state index < -0.39 is 0 Å². The van der Waals surface area contributed by atoms with Crippen LogP contribution in [0.5, 0.6) is 0 Å². The number of hydrogen-bond acceptors (Lipinski definition) is 6. The van der Waals surface area contributed by atoms with Gasteiger partial charge in [-0.15, -0.1) is 0 Å². The average Bonchev–Trinajstić information content (AvgIpc) is 3.00. The van der Waals surface area contributed by atoms with Gasteiger partial charge in [-0.3, -0.25) is 14.6 Å². The van der Waals surface area contributed by atoms with Gasteiger partial charge in [0, 0.05) is 29.2 Å². The molecule has 1 aromatic carbocycles. The van der Waals surface area contributed by atoms with Crippen molar-refractivity contribution in [3.63, 3.8) is 0 Å². The lowest BCUT2D eigenvalue weighted by molar-refractivity contribution is 0.100. The lowest BCUT2D eigenvalue weighted by Gasteiger charge is -2.07. The zero-order chi connectivity index (χ0) is 17.8. The van der Waals surface area contributed by atoms with Crippen LogP contribution >= 0.6 is 0 Å². The maximum absolute atomic E-state index is 12.4. The Labute approximate surface area is 144 Å². The molecule has 0 radical (unpaired) electrons. The molecule has 7 nitrogen and oxygen atoms in total. The minimum Gasteiger partial charge on any atom is -0.360 e. The summed E-state index contributed by atoms with van der Waals surface area (Å²) < 4.78 is 4.99. The van der Waals surface area contributed by atoms with Crippen LogP contribution in [0.15, 0.2) is 53.2 Å². The summed E-state index contributed by atoms with van der Waals surface area (Å²) in [6.07, 6.45) is 1.52. The lowest BCUT2D eigenvalue weighted by Crippen LogP contribution is -2.14. The van der Waals surface area contributed by atoms with Crippen LogP contribution in [0.3, 0.4) is 0 Å². The number of amides is 1. The number of anilines is 3. The van der Waals surface area contributed by atoms with Crippen molar-refractivity contribution < 1.29 is 14.1 Å². The summed E-state index contributed by atoms with van der Waals surface area (Å²) >= 11 is 0. The van der Waals surface area contributed by atoms with E-state index in [1.807, 2.05) is 0 Å². The highest BCUT2D eigenvalue weighted by atomic mass is 16.5. The molecule has 7 heteroatoms. The van der Waals surface area contributed by atoms with Crippen molar-refractivity contribution in [2.75, 3.05) is 10.6 Å². The Bertz CT molecular complexity index is 933. The number of aromatic nitrogens is 2. The lowest BCUT2D eigenvalue weighted by atomic mass is 10.1. The number of Topliss-reactive ketones (excluding diaryl/α,β-unsaturated/α-hetero) is 1. The number of rotatable bonds is 5. The molecule has 3 rings (SSSR count). The zero-order valence-corrected chi connectivity index (χ0v) is 13.7. The van der Waals surface area contributed by atoms with Gasteiger partial charge in [0.25, 0.3) is 5.91 Å². The van der Waals surface area contributed by atoms with Gasteiger partial charge in [-0.1, -0.05) is 17.3 Å².